The van der Waals surface area contributed by atoms with Gasteiger partial charge in [0.1, 0.15) is 6.61 Å². The van der Waals surface area contributed by atoms with Gasteiger partial charge in [-0.25, -0.2) is 9.78 Å². The van der Waals surface area contributed by atoms with Crippen molar-refractivity contribution in [2.75, 3.05) is 0 Å². The number of hydrogen-bond acceptors (Lipinski definition) is 4. The Morgan fingerprint density at radius 3 is 2.91 bits per heavy atom. The topological polar surface area (TPSA) is 61.2 Å². The van der Waals surface area contributed by atoms with E-state index < -0.39 is 5.97 Å². The Hall–Kier alpha value is -2.95. The predicted octanol–water partition coefficient (Wildman–Crippen LogP) is 2.10. The molecule has 0 spiro atoms. The molecule has 0 atom stereocenters. The van der Waals surface area contributed by atoms with Crippen molar-refractivity contribution in [2.45, 2.75) is 13.2 Å². The maximum Gasteiger partial charge on any atom is 0.339 e. The van der Waals surface area contributed by atoms with E-state index in [4.69, 9.17) is 4.74 Å². The number of esters is 1. The fourth-order valence-corrected chi connectivity index (χ4v) is 3.25. The molecule has 106 valence electrons. The summed E-state index contributed by atoms with van der Waals surface area (Å²) in [6.45, 7) is 0.557. The summed E-state index contributed by atoms with van der Waals surface area (Å²) in [7, 11) is 0. The smallest absolute Gasteiger partial charge is 0.339 e. The third-order valence-electron chi connectivity index (χ3n) is 4.34. The number of carbonyl (C=O) groups excluding carboxylic acids is 1. The Morgan fingerprint density at radius 1 is 1.14 bits per heavy atom. The fraction of sp³-hybridized carbons (Fsp3) is 0.118. The third-order valence-corrected chi connectivity index (χ3v) is 4.34. The normalized spacial score (nSPS) is 14.6. The van der Waals surface area contributed by atoms with Crippen LogP contribution in [0.15, 0.2) is 41.2 Å². The average Bonchev–Trinajstić information content (AvgIpc) is 3.07. The summed E-state index contributed by atoms with van der Waals surface area (Å²) in [6.07, 6.45) is 0. The van der Waals surface area contributed by atoms with E-state index in [2.05, 4.69) is 11.1 Å². The lowest BCUT2D eigenvalue weighted by Gasteiger charge is -2.04. The van der Waals surface area contributed by atoms with E-state index in [9.17, 15) is 9.59 Å². The molecule has 2 aliphatic heterocycles. The lowest BCUT2D eigenvalue weighted by Crippen LogP contribution is -2.23. The van der Waals surface area contributed by atoms with Gasteiger partial charge in [-0.3, -0.25) is 4.79 Å². The van der Waals surface area contributed by atoms with E-state index in [1.165, 1.54) is 0 Å². The molecule has 2 aromatic heterocycles. The molecular weight excluding hydrogens is 280 g/mol. The molecule has 3 aromatic rings. The first-order valence-electron chi connectivity index (χ1n) is 7.05. The molecule has 0 bridgehead atoms. The molecule has 5 rings (SSSR count). The van der Waals surface area contributed by atoms with Crippen LogP contribution in [0.5, 0.6) is 0 Å². The first-order valence-corrected chi connectivity index (χ1v) is 7.05. The van der Waals surface area contributed by atoms with Crippen LogP contribution in [0, 0.1) is 0 Å². The largest absolute Gasteiger partial charge is 0.457 e. The number of hydrogen-bond donors (Lipinski definition) is 0. The van der Waals surface area contributed by atoms with Gasteiger partial charge in [0, 0.05) is 10.9 Å². The van der Waals surface area contributed by atoms with Gasteiger partial charge >= 0.3 is 5.97 Å². The van der Waals surface area contributed by atoms with Crippen LogP contribution >= 0.6 is 0 Å². The van der Waals surface area contributed by atoms with Crippen molar-refractivity contribution < 1.29 is 9.53 Å². The van der Waals surface area contributed by atoms with Crippen molar-refractivity contribution in [3.63, 3.8) is 0 Å². The molecule has 4 heterocycles. The maximum absolute atomic E-state index is 12.6. The highest BCUT2D eigenvalue weighted by molar-refractivity contribution is 5.95. The van der Waals surface area contributed by atoms with Crippen LogP contribution in [0.1, 0.15) is 21.5 Å². The Balaban J connectivity index is 1.85. The van der Waals surface area contributed by atoms with Crippen LogP contribution in [0.3, 0.4) is 0 Å². The van der Waals surface area contributed by atoms with E-state index in [0.29, 0.717) is 23.4 Å². The van der Waals surface area contributed by atoms with Crippen LogP contribution in [-0.4, -0.2) is 15.5 Å². The van der Waals surface area contributed by atoms with Gasteiger partial charge in [0.2, 0.25) is 0 Å². The molecule has 0 fully saturated rings. The number of carbonyl (C=O) groups is 1. The highest BCUT2D eigenvalue weighted by Crippen LogP contribution is 2.33. The molecule has 0 amide bonds. The number of ether oxygens (including phenoxy) is 1. The predicted molar refractivity (Wildman–Crippen MR) is 79.7 cm³/mol. The van der Waals surface area contributed by atoms with Crippen LogP contribution in [0.2, 0.25) is 0 Å². The number of benzene rings is 1. The minimum atomic E-state index is -0.426. The summed E-state index contributed by atoms with van der Waals surface area (Å²) >= 11 is 0. The second-order valence-electron chi connectivity index (χ2n) is 5.58. The van der Waals surface area contributed by atoms with Gasteiger partial charge in [0.05, 0.1) is 34.6 Å². The quantitative estimate of drug-likeness (QED) is 0.465. The van der Waals surface area contributed by atoms with Crippen molar-refractivity contribution in [3.8, 4) is 11.4 Å². The van der Waals surface area contributed by atoms with Crippen LogP contribution in [0.25, 0.3) is 22.3 Å². The molecule has 22 heavy (non-hydrogen) atoms. The molecule has 0 N–H and O–H groups in total. The molecular formula is C17H10N2O3. The van der Waals surface area contributed by atoms with Crippen molar-refractivity contribution >= 4 is 16.9 Å². The Kier molecular flexibility index (Phi) is 2.03. The van der Waals surface area contributed by atoms with E-state index in [1.807, 2.05) is 24.3 Å². The summed E-state index contributed by atoms with van der Waals surface area (Å²) in [5.74, 6) is -0.426. The van der Waals surface area contributed by atoms with Crippen molar-refractivity contribution in [1.82, 2.24) is 9.55 Å². The number of aromatic nitrogens is 2. The van der Waals surface area contributed by atoms with Gasteiger partial charge in [-0.05, 0) is 18.2 Å². The number of nitrogens with zero attached hydrogens (tertiary/aromatic N) is 2. The lowest BCUT2D eigenvalue weighted by molar-refractivity contribution is 0.0534. The highest BCUT2D eigenvalue weighted by atomic mass is 16.5. The van der Waals surface area contributed by atoms with Gasteiger partial charge in [0.25, 0.3) is 5.56 Å². The van der Waals surface area contributed by atoms with Crippen LogP contribution in [0.4, 0.5) is 0 Å². The van der Waals surface area contributed by atoms with E-state index >= 15 is 0 Å². The second-order valence-corrected chi connectivity index (χ2v) is 5.58. The summed E-state index contributed by atoms with van der Waals surface area (Å²) < 4.78 is 6.65. The summed E-state index contributed by atoms with van der Waals surface area (Å²) in [4.78, 5) is 29.0. The maximum atomic E-state index is 12.6. The summed E-state index contributed by atoms with van der Waals surface area (Å²) in [5.41, 5.74) is 4.03. The Morgan fingerprint density at radius 2 is 2.00 bits per heavy atom. The molecule has 0 saturated heterocycles. The molecule has 5 heteroatoms. The molecule has 0 radical (unpaired) electrons. The molecule has 1 aromatic carbocycles. The second kappa shape index (κ2) is 3.82. The third kappa shape index (κ3) is 1.35. The van der Waals surface area contributed by atoms with Crippen molar-refractivity contribution in [1.29, 1.82) is 0 Å². The minimum absolute atomic E-state index is 0.0685. The number of cyclic esters (lactones) is 1. The fourth-order valence-electron chi connectivity index (χ4n) is 3.25. The van der Waals surface area contributed by atoms with Crippen LogP contribution in [-0.2, 0) is 17.9 Å². The number of fused-ring (bicyclic) bond motifs is 5. The first-order chi connectivity index (χ1) is 10.7. The lowest BCUT2D eigenvalue weighted by atomic mass is 10.1. The molecule has 0 aliphatic carbocycles. The van der Waals surface area contributed by atoms with Gasteiger partial charge in [-0.15, -0.1) is 0 Å². The zero-order chi connectivity index (χ0) is 14.8. The monoisotopic (exact) mass is 290 g/mol. The van der Waals surface area contributed by atoms with E-state index in [-0.39, 0.29) is 12.2 Å². The van der Waals surface area contributed by atoms with Gasteiger partial charge < -0.3 is 9.30 Å². The first kappa shape index (κ1) is 11.7. The summed E-state index contributed by atoms with van der Waals surface area (Å²) in [6, 6.07) is 11.6. The van der Waals surface area contributed by atoms with Crippen LogP contribution < -0.4 is 5.56 Å². The van der Waals surface area contributed by atoms with Crippen molar-refractivity contribution in [2.24, 2.45) is 0 Å². The standard InChI is InChI=1S/C17H10N2O3/c20-16-12-8-22-17(21)11(12)6-14-15-10(7-19(14)16)5-9-3-1-2-4-13(9)18-15/h1-6H,7-8H2. The molecule has 0 unspecified atom stereocenters. The molecule has 5 nitrogen and oxygen atoms in total. The molecule has 2 aliphatic rings. The number of rotatable bonds is 0. The van der Waals surface area contributed by atoms with Crippen molar-refractivity contribution in [3.05, 3.63) is 63.4 Å². The van der Waals surface area contributed by atoms with E-state index in [1.54, 1.807) is 10.6 Å². The Labute approximate surface area is 124 Å². The average molecular weight is 290 g/mol. The summed E-state index contributed by atoms with van der Waals surface area (Å²) in [5, 5.41) is 1.05. The zero-order valence-electron chi connectivity index (χ0n) is 11.5. The van der Waals surface area contributed by atoms with E-state index in [0.717, 1.165) is 22.2 Å². The van der Waals surface area contributed by atoms with Gasteiger partial charge in [-0.1, -0.05) is 18.2 Å². The zero-order valence-corrected chi connectivity index (χ0v) is 11.5. The molecule has 0 saturated carbocycles. The highest BCUT2D eigenvalue weighted by Gasteiger charge is 2.31. The number of pyridine rings is 2. The van der Waals surface area contributed by atoms with Gasteiger partial charge in [-0.2, -0.15) is 0 Å². The van der Waals surface area contributed by atoms with Gasteiger partial charge in [0.15, 0.2) is 0 Å². The number of para-hydroxylation sites is 1. The minimum Gasteiger partial charge on any atom is -0.457 e. The SMILES string of the molecule is O=C1OCc2c1cc1n(c2=O)Cc2cc3ccccc3nc2-1. The Bertz CT molecular complexity index is 1050.